The van der Waals surface area contributed by atoms with Crippen molar-refractivity contribution in [3.8, 4) is 0 Å². The fraction of sp³-hybridized carbons (Fsp3) is 0.774. The zero-order valence-electron chi connectivity index (χ0n) is 22.5. The Morgan fingerprint density at radius 1 is 0.829 bits per heavy atom. The van der Waals surface area contributed by atoms with Crippen molar-refractivity contribution in [1.29, 1.82) is 0 Å². The molecular weight excluding hydrogens is 428 g/mol. The molecule has 4 atom stereocenters. The van der Waals surface area contributed by atoms with Crippen LogP contribution >= 0.6 is 0 Å². The van der Waals surface area contributed by atoms with Crippen LogP contribution in [0.15, 0.2) is 30.6 Å². The molecule has 4 nitrogen and oxygen atoms in total. The molecule has 196 valence electrons. The first kappa shape index (κ1) is 26.7. The Morgan fingerprint density at radius 2 is 1.51 bits per heavy atom. The second-order valence-corrected chi connectivity index (χ2v) is 12.2. The highest BCUT2D eigenvalue weighted by Crippen LogP contribution is 2.36. The molecule has 0 radical (unpaired) electrons. The summed E-state index contributed by atoms with van der Waals surface area (Å²) in [6, 6.07) is 9.14. The van der Waals surface area contributed by atoms with E-state index in [0.29, 0.717) is 6.04 Å². The second-order valence-electron chi connectivity index (χ2n) is 12.2. The predicted octanol–water partition coefficient (Wildman–Crippen LogP) is 7.60. The molecule has 2 aliphatic carbocycles. The average Bonchev–Trinajstić information content (AvgIpc) is 3.30. The van der Waals surface area contributed by atoms with Gasteiger partial charge in [-0.2, -0.15) is 0 Å². The van der Waals surface area contributed by atoms with E-state index in [1.54, 1.807) is 0 Å². The normalized spacial score (nSPS) is 30.5. The van der Waals surface area contributed by atoms with E-state index in [2.05, 4.69) is 46.1 Å². The smallest absolute Gasteiger partial charge is 0.0958 e. The molecule has 4 rings (SSSR count). The minimum Gasteiger partial charge on any atom is -0.329 e. The van der Waals surface area contributed by atoms with Crippen LogP contribution in [-0.2, 0) is 6.54 Å². The van der Waals surface area contributed by atoms with Crippen molar-refractivity contribution < 1.29 is 0 Å². The fourth-order valence-electron chi connectivity index (χ4n) is 6.83. The van der Waals surface area contributed by atoms with Gasteiger partial charge in [0.05, 0.1) is 17.4 Å². The summed E-state index contributed by atoms with van der Waals surface area (Å²) in [5.41, 5.74) is 9.15. The summed E-state index contributed by atoms with van der Waals surface area (Å²) >= 11 is 0. The highest BCUT2D eigenvalue weighted by Gasteiger charge is 2.27. The van der Waals surface area contributed by atoms with E-state index in [0.717, 1.165) is 30.4 Å². The van der Waals surface area contributed by atoms with Crippen molar-refractivity contribution in [3.05, 3.63) is 30.6 Å². The Hall–Kier alpha value is -1.39. The van der Waals surface area contributed by atoms with E-state index in [1.165, 1.54) is 115 Å². The van der Waals surface area contributed by atoms with Gasteiger partial charge in [-0.3, -0.25) is 0 Å². The van der Waals surface area contributed by atoms with Gasteiger partial charge in [-0.05, 0) is 69.4 Å². The number of para-hydroxylation sites is 2. The summed E-state index contributed by atoms with van der Waals surface area (Å²) in [6.07, 6.45) is 25.4. The van der Waals surface area contributed by atoms with Crippen molar-refractivity contribution in [2.24, 2.45) is 17.6 Å². The van der Waals surface area contributed by atoms with E-state index in [4.69, 9.17) is 5.73 Å². The van der Waals surface area contributed by atoms with Gasteiger partial charge < -0.3 is 15.6 Å². The molecule has 2 saturated carbocycles. The van der Waals surface area contributed by atoms with Crippen molar-refractivity contribution >= 4 is 11.0 Å². The van der Waals surface area contributed by atoms with E-state index in [9.17, 15) is 0 Å². The lowest BCUT2D eigenvalue weighted by molar-refractivity contribution is 0.216. The molecule has 0 amide bonds. The van der Waals surface area contributed by atoms with Gasteiger partial charge in [0.1, 0.15) is 0 Å². The average molecular weight is 481 g/mol. The highest BCUT2D eigenvalue weighted by molar-refractivity contribution is 5.74. The summed E-state index contributed by atoms with van der Waals surface area (Å²) in [6.45, 7) is 4.35. The molecular formula is C31H52N4. The molecule has 1 aromatic carbocycles. The number of hydrogen-bond acceptors (Lipinski definition) is 3. The molecule has 4 unspecified atom stereocenters. The summed E-state index contributed by atoms with van der Waals surface area (Å²) in [5, 5.41) is 3.94. The minimum atomic E-state index is 0.0392. The number of nitrogens with zero attached hydrogens (tertiary/aromatic N) is 2. The molecule has 0 saturated heterocycles. The van der Waals surface area contributed by atoms with E-state index in [-0.39, 0.29) is 5.54 Å². The topological polar surface area (TPSA) is 55.9 Å². The van der Waals surface area contributed by atoms with Gasteiger partial charge in [-0.15, -0.1) is 0 Å². The van der Waals surface area contributed by atoms with Crippen molar-refractivity contribution in [2.45, 2.75) is 134 Å². The Balaban J connectivity index is 1.31. The third kappa shape index (κ3) is 8.60. The second kappa shape index (κ2) is 13.8. The summed E-state index contributed by atoms with van der Waals surface area (Å²) in [7, 11) is 0. The van der Waals surface area contributed by atoms with Gasteiger partial charge >= 0.3 is 0 Å². The van der Waals surface area contributed by atoms with Crippen molar-refractivity contribution in [2.75, 3.05) is 6.54 Å². The van der Waals surface area contributed by atoms with Crippen LogP contribution in [0.5, 0.6) is 0 Å². The predicted molar refractivity (Wildman–Crippen MR) is 150 cm³/mol. The number of fused-ring (bicyclic) bond motifs is 1. The van der Waals surface area contributed by atoms with Gasteiger partial charge in [0.15, 0.2) is 0 Å². The van der Waals surface area contributed by atoms with E-state index >= 15 is 0 Å². The van der Waals surface area contributed by atoms with Gasteiger partial charge in [-0.25, -0.2) is 4.98 Å². The molecule has 0 aliphatic heterocycles. The van der Waals surface area contributed by atoms with Gasteiger partial charge in [0.25, 0.3) is 0 Å². The first-order valence-corrected chi connectivity index (χ1v) is 15.0. The largest absolute Gasteiger partial charge is 0.329 e. The number of aromatic nitrogens is 2. The minimum absolute atomic E-state index is 0.0392. The molecule has 1 heterocycles. The van der Waals surface area contributed by atoms with Crippen LogP contribution in [-0.4, -0.2) is 27.7 Å². The Bertz CT molecular complexity index is 857. The first-order chi connectivity index (χ1) is 17.1. The van der Waals surface area contributed by atoms with E-state index < -0.39 is 0 Å². The van der Waals surface area contributed by atoms with Crippen LogP contribution in [0.4, 0.5) is 0 Å². The Labute approximate surface area is 214 Å². The number of hydrogen-bond donors (Lipinski definition) is 2. The standard InChI is InChI=1S/C31H52N4/c1-31(32)21-12-5-3-2-4-7-14-27(20-22-31)26-13-8-6-9-15-28(19-18-26)33-23-24-35-25-34-29-16-10-11-17-30(29)35/h10-11,16-17,25-28,33H,2-9,12-15,18-24,32H2,1H3. The van der Waals surface area contributed by atoms with Crippen LogP contribution in [0.25, 0.3) is 11.0 Å². The maximum Gasteiger partial charge on any atom is 0.0958 e. The number of imidazole rings is 1. The monoisotopic (exact) mass is 480 g/mol. The number of benzene rings is 1. The molecule has 3 N–H and O–H groups in total. The third-order valence-corrected chi connectivity index (χ3v) is 9.15. The van der Waals surface area contributed by atoms with Crippen LogP contribution in [0.2, 0.25) is 0 Å². The Morgan fingerprint density at radius 3 is 2.37 bits per heavy atom. The molecule has 35 heavy (non-hydrogen) atoms. The lowest BCUT2D eigenvalue weighted by Crippen LogP contribution is -2.37. The highest BCUT2D eigenvalue weighted by atomic mass is 15.1. The quantitative estimate of drug-likeness (QED) is 0.463. The summed E-state index contributed by atoms with van der Waals surface area (Å²) < 4.78 is 2.30. The molecule has 2 fully saturated rings. The maximum atomic E-state index is 6.77. The molecule has 0 spiro atoms. The molecule has 4 heteroatoms. The number of nitrogens with two attached hydrogens (primary N) is 1. The zero-order chi connectivity index (χ0) is 24.3. The Kier molecular flexibility index (Phi) is 10.5. The maximum absolute atomic E-state index is 6.77. The lowest BCUT2D eigenvalue weighted by atomic mass is 9.76. The van der Waals surface area contributed by atoms with Crippen LogP contribution in [0, 0.1) is 11.8 Å². The van der Waals surface area contributed by atoms with Crippen LogP contribution in [0.1, 0.15) is 116 Å². The number of rotatable bonds is 5. The zero-order valence-corrected chi connectivity index (χ0v) is 22.5. The molecule has 1 aromatic heterocycles. The lowest BCUT2D eigenvalue weighted by Gasteiger charge is -2.33. The first-order valence-electron chi connectivity index (χ1n) is 15.0. The number of nitrogens with one attached hydrogen (secondary N) is 1. The van der Waals surface area contributed by atoms with E-state index in [1.807, 2.05) is 6.33 Å². The van der Waals surface area contributed by atoms with Crippen LogP contribution < -0.4 is 11.1 Å². The molecule has 0 bridgehead atoms. The van der Waals surface area contributed by atoms with Gasteiger partial charge in [-0.1, -0.05) is 82.8 Å². The fourth-order valence-corrected chi connectivity index (χ4v) is 6.83. The summed E-state index contributed by atoms with van der Waals surface area (Å²) in [5.74, 6) is 1.78. The third-order valence-electron chi connectivity index (χ3n) is 9.15. The molecule has 2 aliphatic rings. The van der Waals surface area contributed by atoms with Crippen molar-refractivity contribution in [1.82, 2.24) is 14.9 Å². The van der Waals surface area contributed by atoms with Crippen LogP contribution in [0.3, 0.4) is 0 Å². The van der Waals surface area contributed by atoms with Gasteiger partial charge in [0.2, 0.25) is 0 Å². The molecule has 2 aromatic rings. The van der Waals surface area contributed by atoms with Crippen molar-refractivity contribution in [3.63, 3.8) is 0 Å². The SMILES string of the molecule is CC1(N)CCCCCCCCC(C2CCCCCC(NCCn3cnc4ccccc43)CC2)CC1. The summed E-state index contributed by atoms with van der Waals surface area (Å²) in [4.78, 5) is 4.56. The van der Waals surface area contributed by atoms with Gasteiger partial charge in [0, 0.05) is 24.7 Å².